The zero-order valence-electron chi connectivity index (χ0n) is 12.3. The summed E-state index contributed by atoms with van der Waals surface area (Å²) in [7, 11) is -3.01. The van der Waals surface area contributed by atoms with Gasteiger partial charge in [-0.2, -0.15) is 0 Å². The number of sulfone groups is 1. The highest BCUT2D eigenvalue weighted by molar-refractivity contribution is 7.91. The number of rotatable bonds is 2. The number of carbonyl (C=O) groups excluding carboxylic acids is 1. The first-order valence-electron chi connectivity index (χ1n) is 7.54. The quantitative estimate of drug-likeness (QED) is 0.840. The second-order valence-corrected chi connectivity index (χ2v) is 8.43. The van der Waals surface area contributed by atoms with Crippen LogP contribution in [-0.2, 0) is 14.6 Å². The van der Waals surface area contributed by atoms with Crippen LogP contribution in [0.4, 0.5) is 0 Å². The molecule has 0 aliphatic carbocycles. The predicted octanol–water partition coefficient (Wildman–Crippen LogP) is 2.09. The SMILES string of the molecule is Cc1cccc([C@H]2CCCN2C(=O)[C@@H]2CCS(=O)(=O)C2)c1. The van der Waals surface area contributed by atoms with E-state index in [1.54, 1.807) is 0 Å². The highest BCUT2D eigenvalue weighted by Crippen LogP contribution is 2.35. The van der Waals surface area contributed by atoms with Crippen LogP contribution in [0.2, 0.25) is 0 Å². The summed E-state index contributed by atoms with van der Waals surface area (Å²) in [5, 5.41) is 0. The first-order valence-corrected chi connectivity index (χ1v) is 9.36. The summed E-state index contributed by atoms with van der Waals surface area (Å²) < 4.78 is 23.2. The summed E-state index contributed by atoms with van der Waals surface area (Å²) in [6.07, 6.45) is 2.44. The number of aryl methyl sites for hydroxylation is 1. The summed E-state index contributed by atoms with van der Waals surface area (Å²) in [6, 6.07) is 8.37. The molecule has 5 heteroatoms. The molecule has 1 aromatic carbocycles. The number of hydrogen-bond acceptors (Lipinski definition) is 3. The van der Waals surface area contributed by atoms with E-state index in [-0.39, 0.29) is 29.4 Å². The lowest BCUT2D eigenvalue weighted by molar-refractivity contribution is -0.135. The minimum absolute atomic E-state index is 0.0279. The number of hydrogen-bond donors (Lipinski definition) is 0. The van der Waals surface area contributed by atoms with Crippen molar-refractivity contribution in [3.63, 3.8) is 0 Å². The van der Waals surface area contributed by atoms with Gasteiger partial charge >= 0.3 is 0 Å². The molecule has 2 aliphatic rings. The molecule has 114 valence electrons. The van der Waals surface area contributed by atoms with E-state index in [4.69, 9.17) is 0 Å². The lowest BCUT2D eigenvalue weighted by Crippen LogP contribution is -2.36. The van der Waals surface area contributed by atoms with Crippen molar-refractivity contribution < 1.29 is 13.2 Å². The van der Waals surface area contributed by atoms with Crippen molar-refractivity contribution in [1.82, 2.24) is 4.90 Å². The zero-order chi connectivity index (χ0) is 15.0. The minimum Gasteiger partial charge on any atom is -0.335 e. The van der Waals surface area contributed by atoms with Crippen LogP contribution in [0.25, 0.3) is 0 Å². The highest BCUT2D eigenvalue weighted by atomic mass is 32.2. The smallest absolute Gasteiger partial charge is 0.227 e. The fraction of sp³-hybridized carbons (Fsp3) is 0.562. The van der Waals surface area contributed by atoms with Gasteiger partial charge in [0, 0.05) is 6.54 Å². The first-order chi connectivity index (χ1) is 9.96. The largest absolute Gasteiger partial charge is 0.335 e. The molecule has 0 N–H and O–H groups in total. The second-order valence-electron chi connectivity index (χ2n) is 6.20. The number of likely N-dealkylation sites (tertiary alicyclic amines) is 1. The fourth-order valence-electron chi connectivity index (χ4n) is 3.48. The van der Waals surface area contributed by atoms with E-state index < -0.39 is 9.84 Å². The van der Waals surface area contributed by atoms with Crippen molar-refractivity contribution in [2.75, 3.05) is 18.1 Å². The van der Waals surface area contributed by atoms with Crippen molar-refractivity contribution in [3.8, 4) is 0 Å². The molecular weight excluding hydrogens is 286 g/mol. The molecule has 2 fully saturated rings. The summed E-state index contributed by atoms with van der Waals surface area (Å²) >= 11 is 0. The van der Waals surface area contributed by atoms with E-state index in [9.17, 15) is 13.2 Å². The molecule has 2 heterocycles. The van der Waals surface area contributed by atoms with Crippen LogP contribution >= 0.6 is 0 Å². The summed E-state index contributed by atoms with van der Waals surface area (Å²) in [5.41, 5.74) is 2.36. The van der Waals surface area contributed by atoms with E-state index in [0.717, 1.165) is 19.4 Å². The van der Waals surface area contributed by atoms with Crippen LogP contribution < -0.4 is 0 Å². The molecule has 3 rings (SSSR count). The number of carbonyl (C=O) groups is 1. The lowest BCUT2D eigenvalue weighted by atomic mass is 10.0. The molecule has 0 spiro atoms. The monoisotopic (exact) mass is 307 g/mol. The Kier molecular flexibility index (Phi) is 3.78. The maximum atomic E-state index is 12.7. The summed E-state index contributed by atoms with van der Waals surface area (Å²) in [6.45, 7) is 2.79. The van der Waals surface area contributed by atoms with Crippen molar-refractivity contribution in [2.24, 2.45) is 5.92 Å². The Balaban J connectivity index is 1.80. The Labute approximate surface area is 126 Å². The van der Waals surface area contributed by atoms with Gasteiger partial charge in [-0.1, -0.05) is 29.8 Å². The van der Waals surface area contributed by atoms with E-state index in [1.807, 2.05) is 24.0 Å². The van der Waals surface area contributed by atoms with Gasteiger partial charge in [0.25, 0.3) is 0 Å². The van der Waals surface area contributed by atoms with E-state index in [1.165, 1.54) is 11.1 Å². The van der Waals surface area contributed by atoms with Crippen molar-refractivity contribution in [1.29, 1.82) is 0 Å². The van der Waals surface area contributed by atoms with Gasteiger partial charge in [0.2, 0.25) is 5.91 Å². The predicted molar refractivity (Wildman–Crippen MR) is 81.6 cm³/mol. The standard InChI is InChI=1S/C16H21NO3S/c1-12-4-2-5-13(10-12)15-6-3-8-17(15)16(18)14-7-9-21(19,20)11-14/h2,4-5,10,14-15H,3,6-9,11H2,1H3/t14-,15-/m1/s1. The molecule has 21 heavy (non-hydrogen) atoms. The molecule has 0 unspecified atom stereocenters. The average molecular weight is 307 g/mol. The summed E-state index contributed by atoms with van der Waals surface area (Å²) in [5.74, 6) is -0.115. The van der Waals surface area contributed by atoms with Gasteiger partial charge in [-0.25, -0.2) is 8.42 Å². The first kappa shape index (κ1) is 14.6. The molecule has 4 nitrogen and oxygen atoms in total. The lowest BCUT2D eigenvalue weighted by Gasteiger charge is -2.27. The van der Waals surface area contributed by atoms with Gasteiger partial charge in [-0.3, -0.25) is 4.79 Å². The Morgan fingerprint density at radius 1 is 1.29 bits per heavy atom. The zero-order valence-corrected chi connectivity index (χ0v) is 13.1. The fourth-order valence-corrected chi connectivity index (χ4v) is 5.21. The van der Waals surface area contributed by atoms with Crippen LogP contribution in [0.5, 0.6) is 0 Å². The van der Waals surface area contributed by atoms with Crippen molar-refractivity contribution >= 4 is 15.7 Å². The van der Waals surface area contributed by atoms with Gasteiger partial charge in [-0.15, -0.1) is 0 Å². The minimum atomic E-state index is -3.01. The van der Waals surface area contributed by atoms with Crippen LogP contribution in [0.15, 0.2) is 24.3 Å². The van der Waals surface area contributed by atoms with E-state index in [2.05, 4.69) is 12.1 Å². The normalized spacial score (nSPS) is 28.0. The van der Waals surface area contributed by atoms with Gasteiger partial charge < -0.3 is 4.90 Å². The molecule has 0 radical (unpaired) electrons. The molecule has 0 saturated carbocycles. The molecule has 2 saturated heterocycles. The molecule has 1 amide bonds. The molecule has 2 atom stereocenters. The highest BCUT2D eigenvalue weighted by Gasteiger charge is 2.39. The van der Waals surface area contributed by atoms with Crippen LogP contribution in [-0.4, -0.2) is 37.3 Å². The molecule has 1 aromatic rings. The van der Waals surface area contributed by atoms with Gasteiger partial charge in [-0.05, 0) is 31.7 Å². The third kappa shape index (κ3) is 2.98. The Morgan fingerprint density at radius 2 is 2.10 bits per heavy atom. The third-order valence-corrected chi connectivity index (χ3v) is 6.31. The van der Waals surface area contributed by atoms with Crippen molar-refractivity contribution in [2.45, 2.75) is 32.2 Å². The summed E-state index contributed by atoms with van der Waals surface area (Å²) in [4.78, 5) is 14.6. The Morgan fingerprint density at radius 3 is 2.76 bits per heavy atom. The van der Waals surface area contributed by atoms with Gasteiger partial charge in [0.05, 0.1) is 23.5 Å². The third-order valence-electron chi connectivity index (χ3n) is 4.54. The maximum Gasteiger partial charge on any atom is 0.227 e. The van der Waals surface area contributed by atoms with Crippen LogP contribution in [0.3, 0.4) is 0 Å². The van der Waals surface area contributed by atoms with Crippen LogP contribution in [0, 0.1) is 12.8 Å². The van der Waals surface area contributed by atoms with E-state index >= 15 is 0 Å². The maximum absolute atomic E-state index is 12.7. The molecule has 0 bridgehead atoms. The van der Waals surface area contributed by atoms with Gasteiger partial charge in [0.1, 0.15) is 0 Å². The average Bonchev–Trinajstić information content (AvgIpc) is 3.04. The number of amides is 1. The van der Waals surface area contributed by atoms with Crippen molar-refractivity contribution in [3.05, 3.63) is 35.4 Å². The molecule has 2 aliphatic heterocycles. The molecule has 0 aromatic heterocycles. The Hall–Kier alpha value is -1.36. The molecular formula is C16H21NO3S. The number of benzene rings is 1. The van der Waals surface area contributed by atoms with E-state index in [0.29, 0.717) is 6.42 Å². The topological polar surface area (TPSA) is 54.5 Å². The second kappa shape index (κ2) is 5.44. The Bertz CT molecular complexity index is 653. The number of nitrogens with zero attached hydrogens (tertiary/aromatic N) is 1. The van der Waals surface area contributed by atoms with Gasteiger partial charge in [0.15, 0.2) is 9.84 Å². The van der Waals surface area contributed by atoms with Crippen LogP contribution in [0.1, 0.15) is 36.4 Å².